The average molecular weight is 1160 g/mol. The van der Waals surface area contributed by atoms with Crippen LogP contribution in [0, 0.1) is 5.92 Å². The molecule has 0 aliphatic carbocycles. The van der Waals surface area contributed by atoms with Gasteiger partial charge in [-0.1, -0.05) is 62.7 Å². The molecule has 30 heteroatoms. The van der Waals surface area contributed by atoms with Crippen LogP contribution in [0.2, 0.25) is 0 Å². The number of carboxylic acid groups (broad SMARTS) is 5. The number of hydrogen-bond donors (Lipinski definition) is 16. The summed E-state index contributed by atoms with van der Waals surface area (Å²) in [5.41, 5.74) is 6.64. The van der Waals surface area contributed by atoms with Gasteiger partial charge >= 0.3 is 29.8 Å². The molecule has 0 aliphatic rings. The maximum Gasteiger partial charge on any atom is 0.325 e. The van der Waals surface area contributed by atoms with Crippen LogP contribution in [-0.4, -0.2) is 175 Å². The van der Waals surface area contributed by atoms with Gasteiger partial charge in [0.1, 0.15) is 54.1 Å². The zero-order valence-corrected chi connectivity index (χ0v) is 45.4. The van der Waals surface area contributed by atoms with E-state index >= 15 is 0 Å². The molecular weight excluding hydrogens is 1080 g/mol. The van der Waals surface area contributed by atoms with E-state index in [-0.39, 0.29) is 31.4 Å². The zero-order chi connectivity index (χ0) is 61.8. The Morgan fingerprint density at radius 1 is 0.439 bits per heavy atom. The van der Waals surface area contributed by atoms with Crippen molar-refractivity contribution in [2.24, 2.45) is 11.7 Å². The molecule has 0 aliphatic heterocycles. The minimum Gasteiger partial charge on any atom is -0.508 e. The number of nitrogens with one attached hydrogen (secondary N) is 9. The first-order chi connectivity index (χ1) is 38.5. The number of aromatic hydroxyl groups is 1. The van der Waals surface area contributed by atoms with Gasteiger partial charge in [-0.2, -0.15) is 0 Å². The number of aliphatic carboxylic acids is 5. The molecule has 9 amide bonds. The van der Waals surface area contributed by atoms with Crippen molar-refractivity contribution in [3.8, 4) is 5.75 Å². The smallest absolute Gasteiger partial charge is 0.325 e. The Bertz CT molecular complexity index is 2600. The number of amides is 9. The highest BCUT2D eigenvalue weighted by Gasteiger charge is 2.36. The second-order valence-electron chi connectivity index (χ2n) is 19.1. The summed E-state index contributed by atoms with van der Waals surface area (Å²) in [5.74, 6) is -17.1. The summed E-state index contributed by atoms with van der Waals surface area (Å²) in [7, 11) is 0. The second kappa shape index (κ2) is 34.7. The first-order valence-corrected chi connectivity index (χ1v) is 25.9. The van der Waals surface area contributed by atoms with E-state index in [1.165, 1.54) is 45.0 Å². The lowest BCUT2D eigenvalue weighted by Gasteiger charge is -2.29. The third-order valence-electron chi connectivity index (χ3n) is 12.5. The summed E-state index contributed by atoms with van der Waals surface area (Å²) < 4.78 is 0. The van der Waals surface area contributed by atoms with Crippen LogP contribution in [0.1, 0.15) is 96.6 Å². The number of phenolic OH excluding ortho intramolecular Hbond substituents is 1. The van der Waals surface area contributed by atoms with Crippen LogP contribution in [0.15, 0.2) is 54.6 Å². The molecule has 2 aromatic carbocycles. The molecule has 30 nitrogen and oxygen atoms in total. The van der Waals surface area contributed by atoms with Crippen molar-refractivity contribution >= 4 is 83.0 Å². The summed E-state index contributed by atoms with van der Waals surface area (Å²) in [5, 5.41) is 77.6. The van der Waals surface area contributed by atoms with Gasteiger partial charge in [-0.05, 0) is 68.7 Å². The van der Waals surface area contributed by atoms with E-state index < -0.39 is 195 Å². The highest BCUT2D eigenvalue weighted by atomic mass is 16.4. The van der Waals surface area contributed by atoms with Crippen molar-refractivity contribution < 1.29 is 97.8 Å². The summed E-state index contributed by atoms with van der Waals surface area (Å²) in [6, 6.07) is -0.227. The summed E-state index contributed by atoms with van der Waals surface area (Å²) in [6.07, 6.45) is -5.03. The van der Waals surface area contributed by atoms with E-state index in [0.717, 1.165) is 0 Å². The second-order valence-corrected chi connectivity index (χ2v) is 19.1. The van der Waals surface area contributed by atoms with Crippen LogP contribution in [0.5, 0.6) is 5.75 Å². The molecule has 0 radical (unpaired) electrons. The van der Waals surface area contributed by atoms with E-state index in [0.29, 0.717) is 11.1 Å². The van der Waals surface area contributed by atoms with E-state index in [1.807, 2.05) is 0 Å². The molecule has 0 unspecified atom stereocenters. The Morgan fingerprint density at radius 2 is 0.841 bits per heavy atom. The van der Waals surface area contributed by atoms with Gasteiger partial charge in [0.15, 0.2) is 0 Å². The fraction of sp³-hybridized carbons (Fsp3) is 0.500. The largest absolute Gasteiger partial charge is 0.508 e. The SMILES string of the molecule is CC[C@H](C)[C@H](NC(=O)[C@H](CCC(=O)O)NC(=O)[C@H](CCC(=O)O)NC(=O)[C@@H](N)CCC(=O)O)C(=O)N[C@@H](Cc1ccc(O)cc1)C(=O)NCC(=O)N[C@@H](CCC(=O)O)C(=O)N[C@@H](Cc1ccccc1)C(=O)N[C@@H](C)C(=O)N[C@@H](C)C(=O)O. The number of phenols is 1. The van der Waals surface area contributed by atoms with Gasteiger partial charge in [-0.25, -0.2) is 0 Å². The number of carbonyl (C=O) groups excluding carboxylic acids is 9. The molecule has 0 bridgehead atoms. The van der Waals surface area contributed by atoms with Crippen molar-refractivity contribution in [1.29, 1.82) is 0 Å². The lowest BCUT2D eigenvalue weighted by molar-refractivity contribution is -0.142. The lowest BCUT2D eigenvalue weighted by atomic mass is 9.96. The monoisotopic (exact) mass is 1160 g/mol. The van der Waals surface area contributed by atoms with Crippen molar-refractivity contribution in [2.75, 3.05) is 6.54 Å². The van der Waals surface area contributed by atoms with Crippen LogP contribution in [0.3, 0.4) is 0 Å². The number of benzene rings is 2. The minimum atomic E-state index is -1.76. The summed E-state index contributed by atoms with van der Waals surface area (Å²) in [6.45, 7) is 4.70. The number of rotatable bonds is 37. The van der Waals surface area contributed by atoms with E-state index in [2.05, 4.69) is 47.9 Å². The van der Waals surface area contributed by atoms with Crippen molar-refractivity contribution in [2.45, 2.75) is 153 Å². The Labute approximate surface area is 469 Å². The maximum absolute atomic E-state index is 14.3. The molecule has 2 rings (SSSR count). The maximum atomic E-state index is 14.3. The summed E-state index contributed by atoms with van der Waals surface area (Å²) in [4.78, 5) is 180. The van der Waals surface area contributed by atoms with Gasteiger partial charge < -0.3 is 84.2 Å². The molecule has 10 atom stereocenters. The van der Waals surface area contributed by atoms with Crippen LogP contribution in [0.25, 0.3) is 0 Å². The molecule has 17 N–H and O–H groups in total. The first-order valence-electron chi connectivity index (χ1n) is 25.9. The van der Waals surface area contributed by atoms with Crippen LogP contribution in [-0.2, 0) is 80.0 Å². The number of carboxylic acids is 5. The van der Waals surface area contributed by atoms with Crippen LogP contribution >= 0.6 is 0 Å². The highest BCUT2D eigenvalue weighted by molar-refractivity contribution is 5.98. The lowest BCUT2D eigenvalue weighted by Crippen LogP contribution is -2.60. The normalized spacial score (nSPS) is 14.5. The Morgan fingerprint density at radius 3 is 1.33 bits per heavy atom. The molecule has 82 heavy (non-hydrogen) atoms. The minimum absolute atomic E-state index is 0.164. The Kier molecular flexibility index (Phi) is 29.2. The molecule has 0 spiro atoms. The van der Waals surface area contributed by atoms with Gasteiger partial charge in [-0.15, -0.1) is 0 Å². The van der Waals surface area contributed by atoms with Crippen LogP contribution in [0.4, 0.5) is 0 Å². The van der Waals surface area contributed by atoms with E-state index in [4.69, 9.17) is 10.8 Å². The van der Waals surface area contributed by atoms with Crippen LogP contribution < -0.4 is 53.6 Å². The highest BCUT2D eigenvalue weighted by Crippen LogP contribution is 2.15. The molecular formula is C52H72N10O20. The topological polar surface area (TPSA) is 495 Å². The quantitative estimate of drug-likeness (QED) is 0.0323. The molecule has 0 heterocycles. The number of nitrogens with two attached hydrogens (primary N) is 1. The van der Waals surface area contributed by atoms with Crippen molar-refractivity contribution in [1.82, 2.24) is 47.9 Å². The first kappa shape index (κ1) is 68.9. The fourth-order valence-corrected chi connectivity index (χ4v) is 7.51. The Hall–Kier alpha value is -9.22. The van der Waals surface area contributed by atoms with Gasteiger partial charge in [-0.3, -0.25) is 67.1 Å². The van der Waals surface area contributed by atoms with Gasteiger partial charge in [0.2, 0.25) is 53.2 Å². The standard InChI is InChI=1S/C52H72N10O20/c1-5-26(2)43(62-49(78)35(18-22-42(71)72)59-48(77)34(17-21-41(69)70)58-45(74)32(53)15-19-39(65)66)51(80)61-36(24-30-11-13-31(63)14-12-30)46(75)54-25-38(64)57-33(16-20-40(67)68)47(76)60-37(23-29-9-7-6-8-10-29)50(79)55-27(3)44(73)56-28(4)52(81)82/h6-14,26-28,32-37,43,63H,5,15-25,53H2,1-4H3,(H,54,75)(H,55,79)(H,56,73)(H,57,64)(H,58,74)(H,59,77)(H,60,76)(H,61,80)(H,62,78)(H,65,66)(H,67,68)(H,69,70)(H,71,72)(H,81,82)/t26-,27-,28-,32-,33-,34-,35-,36-,37-,43-/m0/s1. The molecule has 0 saturated carbocycles. The van der Waals surface area contributed by atoms with Gasteiger partial charge in [0.25, 0.3) is 0 Å². The molecule has 0 saturated heterocycles. The number of carbonyl (C=O) groups is 14. The number of hydrogen-bond acceptors (Lipinski definition) is 16. The molecule has 0 fully saturated rings. The predicted octanol–water partition coefficient (Wildman–Crippen LogP) is -2.87. The molecule has 0 aromatic heterocycles. The summed E-state index contributed by atoms with van der Waals surface area (Å²) >= 11 is 0. The predicted molar refractivity (Wildman–Crippen MR) is 284 cm³/mol. The third kappa shape index (κ3) is 25.7. The van der Waals surface area contributed by atoms with Crippen molar-refractivity contribution in [3.05, 3.63) is 65.7 Å². The molecule has 2 aromatic rings. The van der Waals surface area contributed by atoms with E-state index in [1.54, 1.807) is 37.3 Å². The Balaban J connectivity index is 2.42. The third-order valence-corrected chi connectivity index (χ3v) is 12.5. The van der Waals surface area contributed by atoms with Gasteiger partial charge in [0, 0.05) is 38.5 Å². The van der Waals surface area contributed by atoms with E-state index in [9.17, 15) is 92.7 Å². The van der Waals surface area contributed by atoms with Crippen molar-refractivity contribution in [3.63, 3.8) is 0 Å². The fourth-order valence-electron chi connectivity index (χ4n) is 7.51. The average Bonchev–Trinajstić information content (AvgIpc) is 3.42. The van der Waals surface area contributed by atoms with Gasteiger partial charge in [0.05, 0.1) is 12.6 Å². The molecule has 450 valence electrons. The zero-order valence-electron chi connectivity index (χ0n) is 45.4.